The number of sulfonamides is 1. The number of halogens is 3. The predicted octanol–water partition coefficient (Wildman–Crippen LogP) is 2.37. The number of alkyl halides is 3. The Morgan fingerprint density at radius 3 is 2.45 bits per heavy atom. The van der Waals surface area contributed by atoms with Gasteiger partial charge in [0.1, 0.15) is 6.54 Å². The van der Waals surface area contributed by atoms with Crippen molar-refractivity contribution < 1.29 is 21.6 Å². The molecule has 0 aliphatic heterocycles. The van der Waals surface area contributed by atoms with Crippen molar-refractivity contribution in [1.82, 2.24) is 4.31 Å². The Morgan fingerprint density at radius 1 is 1.30 bits per heavy atom. The fourth-order valence-electron chi connectivity index (χ4n) is 1.75. The predicted molar refractivity (Wildman–Crippen MR) is 71.4 cm³/mol. The number of rotatable bonds is 6. The fraction of sp³-hybridized carbons (Fsp3) is 0.500. The Morgan fingerprint density at radius 2 is 1.95 bits per heavy atom. The van der Waals surface area contributed by atoms with Crippen LogP contribution in [0.2, 0.25) is 0 Å². The highest BCUT2D eigenvalue weighted by atomic mass is 32.2. The molecule has 0 fully saturated rings. The number of nitrogens with two attached hydrogens (primary N) is 1. The van der Waals surface area contributed by atoms with Gasteiger partial charge in [-0.05, 0) is 24.1 Å². The molecule has 0 bridgehead atoms. The lowest BCUT2D eigenvalue weighted by atomic mass is 10.2. The molecule has 0 aliphatic carbocycles. The van der Waals surface area contributed by atoms with Gasteiger partial charge in [0.05, 0.1) is 5.75 Å². The number of hydrogen-bond acceptors (Lipinski definition) is 3. The molecule has 2 N–H and O–H groups in total. The average molecular weight is 310 g/mol. The van der Waals surface area contributed by atoms with Crippen molar-refractivity contribution in [2.75, 3.05) is 18.8 Å². The first-order valence-electron chi connectivity index (χ1n) is 6.03. The lowest BCUT2D eigenvalue weighted by Gasteiger charge is -2.23. The summed E-state index contributed by atoms with van der Waals surface area (Å²) in [5.41, 5.74) is 6.27. The van der Waals surface area contributed by atoms with Crippen molar-refractivity contribution in [2.45, 2.75) is 25.3 Å². The summed E-state index contributed by atoms with van der Waals surface area (Å²) in [6, 6.07) is 6.10. The molecular weight excluding hydrogens is 293 g/mol. The molecule has 0 spiro atoms. The molecule has 0 heterocycles. The molecule has 0 atom stereocenters. The molecule has 8 heteroatoms. The highest BCUT2D eigenvalue weighted by Crippen LogP contribution is 2.21. The summed E-state index contributed by atoms with van der Waals surface area (Å²) in [4.78, 5) is 0. The van der Waals surface area contributed by atoms with E-state index in [1.807, 2.05) is 0 Å². The number of nitrogens with zero attached hydrogens (tertiary/aromatic N) is 1. The second-order valence-corrected chi connectivity index (χ2v) is 6.42. The van der Waals surface area contributed by atoms with E-state index in [-0.39, 0.29) is 6.54 Å². The molecule has 114 valence electrons. The van der Waals surface area contributed by atoms with Crippen LogP contribution in [0, 0.1) is 0 Å². The first kappa shape index (κ1) is 16.8. The van der Waals surface area contributed by atoms with Crippen LogP contribution in [0.15, 0.2) is 24.3 Å². The SMILES string of the molecule is CCCN(CC(F)(F)F)S(=O)(=O)Cc1cccc(N)c1. The van der Waals surface area contributed by atoms with Crippen LogP contribution in [0.4, 0.5) is 18.9 Å². The zero-order valence-corrected chi connectivity index (χ0v) is 11.8. The van der Waals surface area contributed by atoms with Crippen molar-refractivity contribution in [3.8, 4) is 0 Å². The van der Waals surface area contributed by atoms with Crippen LogP contribution in [0.5, 0.6) is 0 Å². The molecule has 0 unspecified atom stereocenters. The van der Waals surface area contributed by atoms with Crippen molar-refractivity contribution in [3.05, 3.63) is 29.8 Å². The Hall–Kier alpha value is -1.28. The summed E-state index contributed by atoms with van der Waals surface area (Å²) in [5.74, 6) is -0.492. The van der Waals surface area contributed by atoms with E-state index >= 15 is 0 Å². The van der Waals surface area contributed by atoms with E-state index in [4.69, 9.17) is 5.73 Å². The molecule has 20 heavy (non-hydrogen) atoms. The van der Waals surface area contributed by atoms with Crippen molar-refractivity contribution in [2.24, 2.45) is 0 Å². The zero-order valence-electron chi connectivity index (χ0n) is 11.0. The second kappa shape index (κ2) is 6.45. The molecule has 0 saturated heterocycles. The summed E-state index contributed by atoms with van der Waals surface area (Å²) in [6.07, 6.45) is -4.25. The minimum atomic E-state index is -4.56. The van der Waals surface area contributed by atoms with Crippen LogP contribution in [0.25, 0.3) is 0 Å². The molecule has 1 aromatic carbocycles. The lowest BCUT2D eigenvalue weighted by Crippen LogP contribution is -2.40. The Bertz CT molecular complexity index is 544. The highest BCUT2D eigenvalue weighted by Gasteiger charge is 2.35. The quantitative estimate of drug-likeness (QED) is 0.821. The topological polar surface area (TPSA) is 63.4 Å². The first-order chi connectivity index (χ1) is 9.14. The van der Waals surface area contributed by atoms with Crippen LogP contribution < -0.4 is 5.73 Å². The van der Waals surface area contributed by atoms with Crippen LogP contribution in [0.3, 0.4) is 0 Å². The Balaban J connectivity index is 2.93. The van der Waals surface area contributed by atoms with Gasteiger partial charge < -0.3 is 5.73 Å². The molecule has 4 nitrogen and oxygen atoms in total. The fourth-order valence-corrected chi connectivity index (χ4v) is 3.34. The van der Waals surface area contributed by atoms with E-state index in [0.717, 1.165) is 0 Å². The maximum atomic E-state index is 12.4. The molecule has 0 amide bonds. The van der Waals surface area contributed by atoms with Crippen LogP contribution in [0.1, 0.15) is 18.9 Å². The largest absolute Gasteiger partial charge is 0.402 e. The molecular formula is C12H17F3N2O2S. The van der Waals surface area contributed by atoms with Crippen LogP contribution in [-0.4, -0.2) is 32.0 Å². The van der Waals surface area contributed by atoms with Gasteiger partial charge in [0.25, 0.3) is 0 Å². The highest BCUT2D eigenvalue weighted by molar-refractivity contribution is 7.88. The molecule has 0 radical (unpaired) electrons. The van der Waals surface area contributed by atoms with Crippen molar-refractivity contribution in [3.63, 3.8) is 0 Å². The van der Waals surface area contributed by atoms with Gasteiger partial charge in [-0.15, -0.1) is 0 Å². The minimum Gasteiger partial charge on any atom is -0.399 e. The zero-order chi connectivity index (χ0) is 15.4. The third kappa shape index (κ3) is 5.38. The molecule has 0 aromatic heterocycles. The van der Waals surface area contributed by atoms with Gasteiger partial charge in [-0.25, -0.2) is 8.42 Å². The molecule has 0 saturated carbocycles. The maximum absolute atomic E-state index is 12.4. The van der Waals surface area contributed by atoms with E-state index in [0.29, 0.717) is 22.0 Å². The van der Waals surface area contributed by atoms with E-state index in [1.54, 1.807) is 19.1 Å². The molecule has 1 aromatic rings. The van der Waals surface area contributed by atoms with Crippen LogP contribution in [-0.2, 0) is 15.8 Å². The summed E-state index contributed by atoms with van der Waals surface area (Å²) in [7, 11) is -4.03. The number of nitrogen functional groups attached to an aromatic ring is 1. The van der Waals surface area contributed by atoms with Gasteiger partial charge in [-0.1, -0.05) is 19.1 Å². The van der Waals surface area contributed by atoms with E-state index < -0.39 is 28.5 Å². The Labute approximate surface area is 116 Å². The maximum Gasteiger partial charge on any atom is 0.402 e. The number of anilines is 1. The van der Waals surface area contributed by atoms with E-state index in [9.17, 15) is 21.6 Å². The minimum absolute atomic E-state index is 0.163. The standard InChI is InChI=1S/C12H17F3N2O2S/c1-2-6-17(9-12(13,14)15)20(18,19)8-10-4-3-5-11(16)7-10/h3-5,7H,2,6,8-9,16H2,1H3. The molecule has 1 rings (SSSR count). The van der Waals surface area contributed by atoms with Gasteiger partial charge >= 0.3 is 6.18 Å². The van der Waals surface area contributed by atoms with E-state index in [2.05, 4.69) is 0 Å². The summed E-state index contributed by atoms with van der Waals surface area (Å²) >= 11 is 0. The number of benzene rings is 1. The van der Waals surface area contributed by atoms with Crippen molar-refractivity contribution >= 4 is 15.7 Å². The second-order valence-electron chi connectivity index (χ2n) is 4.45. The first-order valence-corrected chi connectivity index (χ1v) is 7.64. The normalized spacial score (nSPS) is 12.8. The van der Waals surface area contributed by atoms with Gasteiger partial charge in [-0.2, -0.15) is 17.5 Å². The van der Waals surface area contributed by atoms with Gasteiger partial charge in [0.15, 0.2) is 0 Å². The third-order valence-corrected chi connectivity index (χ3v) is 4.32. The smallest absolute Gasteiger partial charge is 0.399 e. The lowest BCUT2D eigenvalue weighted by molar-refractivity contribution is -0.136. The number of hydrogen-bond donors (Lipinski definition) is 1. The summed E-state index contributed by atoms with van der Waals surface area (Å²) in [5, 5.41) is 0. The average Bonchev–Trinajstić information content (AvgIpc) is 2.26. The van der Waals surface area contributed by atoms with Crippen molar-refractivity contribution in [1.29, 1.82) is 0 Å². The van der Waals surface area contributed by atoms with Crippen LogP contribution >= 0.6 is 0 Å². The summed E-state index contributed by atoms with van der Waals surface area (Å²) < 4.78 is 61.9. The third-order valence-electron chi connectivity index (χ3n) is 2.52. The van der Waals surface area contributed by atoms with Gasteiger partial charge in [-0.3, -0.25) is 0 Å². The summed E-state index contributed by atoms with van der Waals surface area (Å²) in [6.45, 7) is -0.00491. The van der Waals surface area contributed by atoms with Gasteiger partial charge in [0.2, 0.25) is 10.0 Å². The Kier molecular flexibility index (Phi) is 5.41. The van der Waals surface area contributed by atoms with Gasteiger partial charge in [0, 0.05) is 12.2 Å². The van der Waals surface area contributed by atoms with E-state index in [1.165, 1.54) is 12.1 Å². The molecule has 0 aliphatic rings. The monoisotopic (exact) mass is 310 g/mol.